The molecule has 2 aromatic carbocycles. The summed E-state index contributed by atoms with van der Waals surface area (Å²) in [6.45, 7) is 4.41. The number of thioether (sulfide) groups is 1. The molecule has 0 bridgehead atoms. The minimum atomic E-state index is -0.130. The number of allylic oxidation sites excluding steroid dienone is 1. The second-order valence-corrected chi connectivity index (χ2v) is 7.43. The fourth-order valence-electron chi connectivity index (χ4n) is 2.90. The van der Waals surface area contributed by atoms with E-state index in [9.17, 15) is 4.79 Å². The third-order valence-corrected chi connectivity index (χ3v) is 5.42. The number of nitrogens with zero attached hydrogens (tertiary/aromatic N) is 3. The Balaban J connectivity index is 1.42. The molecule has 30 heavy (non-hydrogen) atoms. The number of aromatic nitrogens is 3. The Bertz CT molecular complexity index is 1120. The lowest BCUT2D eigenvalue weighted by molar-refractivity contribution is 0.102. The van der Waals surface area contributed by atoms with Crippen LogP contribution in [0.15, 0.2) is 95.2 Å². The van der Waals surface area contributed by atoms with E-state index in [4.69, 9.17) is 4.42 Å². The maximum Gasteiger partial charge on any atom is 0.255 e. The van der Waals surface area contributed by atoms with Crippen molar-refractivity contribution in [2.75, 3.05) is 5.32 Å². The standard InChI is InChI=1S/C23H20N4O2S/c1-2-14-27-21(20-9-6-15-29-20)25-26-23(27)30-16-17-10-12-18(13-11-17)22(28)24-19-7-4-3-5-8-19/h2-13,15H,1,14,16H2,(H,24,28). The van der Waals surface area contributed by atoms with Crippen molar-refractivity contribution in [3.05, 3.63) is 96.8 Å². The fourth-order valence-corrected chi connectivity index (χ4v) is 3.81. The van der Waals surface area contributed by atoms with Gasteiger partial charge in [0.25, 0.3) is 5.91 Å². The highest BCUT2D eigenvalue weighted by atomic mass is 32.2. The first-order chi connectivity index (χ1) is 14.7. The van der Waals surface area contributed by atoms with Gasteiger partial charge < -0.3 is 9.73 Å². The molecule has 0 spiro atoms. The number of nitrogens with one attached hydrogen (secondary N) is 1. The molecule has 2 heterocycles. The molecule has 0 unspecified atom stereocenters. The van der Waals surface area contributed by atoms with Gasteiger partial charge in [-0.05, 0) is 42.0 Å². The first kappa shape index (κ1) is 19.7. The van der Waals surface area contributed by atoms with Gasteiger partial charge in [0.2, 0.25) is 5.82 Å². The number of carbonyl (C=O) groups excluding carboxylic acids is 1. The van der Waals surface area contributed by atoms with E-state index in [1.165, 1.54) is 0 Å². The predicted octanol–water partition coefficient (Wildman–Crippen LogP) is 5.27. The first-order valence-electron chi connectivity index (χ1n) is 9.40. The summed E-state index contributed by atoms with van der Waals surface area (Å²) in [6, 6.07) is 20.7. The number of rotatable bonds is 8. The van der Waals surface area contributed by atoms with Crippen molar-refractivity contribution in [3.63, 3.8) is 0 Å². The summed E-state index contributed by atoms with van der Waals surface area (Å²) in [4.78, 5) is 12.4. The van der Waals surface area contributed by atoms with Crippen LogP contribution in [0.25, 0.3) is 11.6 Å². The molecule has 0 fully saturated rings. The van der Waals surface area contributed by atoms with E-state index < -0.39 is 0 Å². The van der Waals surface area contributed by atoms with Gasteiger partial charge in [-0.15, -0.1) is 16.8 Å². The van der Waals surface area contributed by atoms with Crippen LogP contribution in [0, 0.1) is 0 Å². The topological polar surface area (TPSA) is 73.0 Å². The molecule has 6 nitrogen and oxygen atoms in total. The summed E-state index contributed by atoms with van der Waals surface area (Å²) in [5, 5.41) is 12.2. The molecule has 2 aromatic heterocycles. The van der Waals surface area contributed by atoms with Crippen LogP contribution in [0.2, 0.25) is 0 Å². The summed E-state index contributed by atoms with van der Waals surface area (Å²) >= 11 is 1.57. The molecule has 1 amide bonds. The van der Waals surface area contributed by atoms with E-state index in [0.29, 0.717) is 29.4 Å². The van der Waals surface area contributed by atoms with Crippen LogP contribution in [0.1, 0.15) is 15.9 Å². The molecule has 0 radical (unpaired) electrons. The first-order valence-corrected chi connectivity index (χ1v) is 10.4. The van der Waals surface area contributed by atoms with E-state index in [1.54, 1.807) is 24.1 Å². The number of benzene rings is 2. The molecule has 0 aliphatic carbocycles. The molecule has 4 aromatic rings. The number of furan rings is 1. The molecule has 4 rings (SSSR count). The van der Waals surface area contributed by atoms with E-state index >= 15 is 0 Å². The van der Waals surface area contributed by atoms with Crippen LogP contribution < -0.4 is 5.32 Å². The second kappa shape index (κ2) is 9.28. The molecule has 0 saturated carbocycles. The molecular formula is C23H20N4O2S. The van der Waals surface area contributed by atoms with E-state index in [2.05, 4.69) is 22.1 Å². The summed E-state index contributed by atoms with van der Waals surface area (Å²) in [6.07, 6.45) is 3.42. The highest BCUT2D eigenvalue weighted by Gasteiger charge is 2.15. The Morgan fingerprint density at radius 2 is 1.87 bits per heavy atom. The molecule has 0 aliphatic heterocycles. The number of para-hydroxylation sites is 1. The number of hydrogen-bond acceptors (Lipinski definition) is 5. The van der Waals surface area contributed by atoms with E-state index in [-0.39, 0.29) is 5.91 Å². The molecule has 1 N–H and O–H groups in total. The van der Waals surface area contributed by atoms with Gasteiger partial charge in [0.05, 0.1) is 6.26 Å². The molecular weight excluding hydrogens is 396 g/mol. The Hall–Kier alpha value is -3.58. The van der Waals surface area contributed by atoms with Crippen LogP contribution in [0.4, 0.5) is 5.69 Å². The summed E-state index contributed by atoms with van der Waals surface area (Å²) in [7, 11) is 0. The van der Waals surface area contributed by atoms with Crippen molar-refractivity contribution in [2.24, 2.45) is 0 Å². The Morgan fingerprint density at radius 3 is 2.57 bits per heavy atom. The van der Waals surface area contributed by atoms with Gasteiger partial charge in [0.15, 0.2) is 10.9 Å². The third-order valence-electron chi connectivity index (χ3n) is 4.39. The zero-order valence-electron chi connectivity index (χ0n) is 16.2. The quantitative estimate of drug-likeness (QED) is 0.313. The van der Waals surface area contributed by atoms with Crippen molar-refractivity contribution < 1.29 is 9.21 Å². The van der Waals surface area contributed by atoms with Gasteiger partial charge >= 0.3 is 0 Å². The van der Waals surface area contributed by atoms with Gasteiger partial charge in [0.1, 0.15) is 0 Å². The lowest BCUT2D eigenvalue weighted by Crippen LogP contribution is -2.11. The smallest absolute Gasteiger partial charge is 0.255 e. The van der Waals surface area contributed by atoms with Crippen molar-refractivity contribution in [2.45, 2.75) is 17.5 Å². The highest BCUT2D eigenvalue weighted by Crippen LogP contribution is 2.27. The number of amides is 1. The molecule has 0 aliphatic rings. The maximum absolute atomic E-state index is 12.4. The Labute approximate surface area is 178 Å². The van der Waals surface area contributed by atoms with Crippen molar-refractivity contribution >= 4 is 23.4 Å². The van der Waals surface area contributed by atoms with Crippen LogP contribution in [0.5, 0.6) is 0 Å². The van der Waals surface area contributed by atoms with Gasteiger partial charge in [-0.2, -0.15) is 0 Å². The van der Waals surface area contributed by atoms with Crippen molar-refractivity contribution in [1.29, 1.82) is 0 Å². The van der Waals surface area contributed by atoms with Gasteiger partial charge in [-0.3, -0.25) is 9.36 Å². The Morgan fingerprint density at radius 1 is 1.07 bits per heavy atom. The van der Waals surface area contributed by atoms with Crippen LogP contribution in [-0.2, 0) is 12.3 Å². The molecule has 0 saturated heterocycles. The SMILES string of the molecule is C=CCn1c(SCc2ccc(C(=O)Nc3ccccc3)cc2)nnc1-c1ccco1. The third kappa shape index (κ3) is 4.52. The zero-order valence-corrected chi connectivity index (χ0v) is 17.0. The van der Waals surface area contributed by atoms with Gasteiger partial charge in [-0.25, -0.2) is 0 Å². The lowest BCUT2D eigenvalue weighted by Gasteiger charge is -2.07. The number of carbonyl (C=O) groups is 1. The fraction of sp³-hybridized carbons (Fsp3) is 0.0870. The average Bonchev–Trinajstić information content (AvgIpc) is 3.44. The van der Waals surface area contributed by atoms with Crippen LogP contribution in [0.3, 0.4) is 0 Å². The molecule has 0 atom stereocenters. The monoisotopic (exact) mass is 416 g/mol. The summed E-state index contributed by atoms with van der Waals surface area (Å²) < 4.78 is 7.43. The maximum atomic E-state index is 12.4. The van der Waals surface area contributed by atoms with Crippen molar-refractivity contribution in [1.82, 2.24) is 14.8 Å². The second-order valence-electron chi connectivity index (χ2n) is 6.49. The number of hydrogen-bond donors (Lipinski definition) is 1. The Kier molecular flexibility index (Phi) is 6.10. The summed E-state index contributed by atoms with van der Waals surface area (Å²) in [5.74, 6) is 1.92. The van der Waals surface area contributed by atoms with Crippen LogP contribution >= 0.6 is 11.8 Å². The predicted molar refractivity (Wildman–Crippen MR) is 118 cm³/mol. The minimum absolute atomic E-state index is 0.130. The van der Waals surface area contributed by atoms with E-state index in [1.807, 2.05) is 71.3 Å². The average molecular weight is 417 g/mol. The highest BCUT2D eigenvalue weighted by molar-refractivity contribution is 7.98. The van der Waals surface area contributed by atoms with Crippen molar-refractivity contribution in [3.8, 4) is 11.6 Å². The van der Waals surface area contributed by atoms with Gasteiger partial charge in [-0.1, -0.05) is 48.2 Å². The van der Waals surface area contributed by atoms with Gasteiger partial charge in [0, 0.05) is 23.5 Å². The van der Waals surface area contributed by atoms with E-state index in [0.717, 1.165) is 16.4 Å². The number of anilines is 1. The zero-order chi connectivity index (χ0) is 20.8. The lowest BCUT2D eigenvalue weighted by atomic mass is 10.1. The minimum Gasteiger partial charge on any atom is -0.461 e. The molecule has 150 valence electrons. The largest absolute Gasteiger partial charge is 0.461 e. The normalized spacial score (nSPS) is 10.7. The molecule has 7 heteroatoms. The van der Waals surface area contributed by atoms with Crippen LogP contribution in [-0.4, -0.2) is 20.7 Å². The summed E-state index contributed by atoms with van der Waals surface area (Å²) in [5.41, 5.74) is 2.47.